The molecule has 0 radical (unpaired) electrons. The van der Waals surface area contributed by atoms with E-state index in [9.17, 15) is 9.90 Å². The normalized spacial score (nSPS) is 12.0. The van der Waals surface area contributed by atoms with Crippen LogP contribution in [0.2, 0.25) is 5.02 Å². The first-order valence-corrected chi connectivity index (χ1v) is 7.58. The number of amides is 2. The van der Waals surface area contributed by atoms with E-state index in [1.54, 1.807) is 24.3 Å². The monoisotopic (exact) mass is 326 g/mol. The zero-order chi connectivity index (χ0) is 15.2. The summed E-state index contributed by atoms with van der Waals surface area (Å²) in [6, 6.07) is 6.37. The minimum absolute atomic E-state index is 0.0902. The molecular weight excluding hydrogens is 312 g/mol. The molecule has 112 valence electrons. The van der Waals surface area contributed by atoms with Crippen molar-refractivity contribution in [2.24, 2.45) is 0 Å². The van der Waals surface area contributed by atoms with Gasteiger partial charge in [0.05, 0.1) is 6.10 Å². The number of halogens is 1. The van der Waals surface area contributed by atoms with E-state index in [-0.39, 0.29) is 6.54 Å². The van der Waals surface area contributed by atoms with Crippen LogP contribution < -0.4 is 10.6 Å². The molecule has 0 saturated carbocycles. The fourth-order valence-electron chi connectivity index (χ4n) is 1.58. The quantitative estimate of drug-likeness (QED) is 0.788. The molecule has 0 aliphatic heterocycles. The van der Waals surface area contributed by atoms with Gasteiger partial charge in [0.2, 0.25) is 5.13 Å². The first kappa shape index (κ1) is 15.7. The molecule has 8 heteroatoms. The minimum atomic E-state index is -0.798. The van der Waals surface area contributed by atoms with Gasteiger partial charge in [0.25, 0.3) is 0 Å². The van der Waals surface area contributed by atoms with E-state index in [4.69, 9.17) is 11.6 Å². The number of carbonyl (C=O) groups excluding carboxylic acids is 1. The average molecular weight is 327 g/mol. The maximum atomic E-state index is 11.7. The molecule has 2 amide bonds. The molecule has 1 heterocycles. The fraction of sp³-hybridized carbons (Fsp3) is 0.308. The standard InChI is InChI=1S/C13H15ClN4O2S/c1-2-11-17-18-13(21-11)16-12(20)15-7-10(19)8-3-5-9(14)6-4-8/h3-6,10,19H,2,7H2,1H3,(H2,15,16,18,20). The lowest BCUT2D eigenvalue weighted by molar-refractivity contribution is 0.175. The third kappa shape index (κ3) is 4.66. The first-order chi connectivity index (χ1) is 10.1. The molecule has 1 unspecified atom stereocenters. The number of aliphatic hydroxyl groups is 1. The Hall–Kier alpha value is -1.70. The Labute approximate surface area is 131 Å². The second kappa shape index (κ2) is 7.35. The van der Waals surface area contributed by atoms with Crippen LogP contribution in [0.25, 0.3) is 0 Å². The van der Waals surface area contributed by atoms with E-state index >= 15 is 0 Å². The number of carbonyl (C=O) groups is 1. The van der Waals surface area contributed by atoms with Crippen LogP contribution in [-0.2, 0) is 6.42 Å². The number of hydrogen-bond donors (Lipinski definition) is 3. The third-order valence-electron chi connectivity index (χ3n) is 2.70. The number of aliphatic hydroxyl groups excluding tert-OH is 1. The van der Waals surface area contributed by atoms with Gasteiger partial charge in [-0.2, -0.15) is 0 Å². The molecule has 1 atom stereocenters. The number of aryl methyl sites for hydroxylation is 1. The van der Waals surface area contributed by atoms with E-state index in [2.05, 4.69) is 20.8 Å². The number of aromatic nitrogens is 2. The van der Waals surface area contributed by atoms with Crippen molar-refractivity contribution in [3.05, 3.63) is 39.9 Å². The molecule has 0 aliphatic carbocycles. The van der Waals surface area contributed by atoms with Crippen molar-refractivity contribution in [3.8, 4) is 0 Å². The Kier molecular flexibility index (Phi) is 5.49. The molecular formula is C13H15ClN4O2S. The molecule has 0 spiro atoms. The van der Waals surface area contributed by atoms with Crippen LogP contribution in [0.4, 0.5) is 9.93 Å². The highest BCUT2D eigenvalue weighted by Gasteiger charge is 2.11. The Balaban J connectivity index is 1.81. The molecule has 21 heavy (non-hydrogen) atoms. The van der Waals surface area contributed by atoms with Gasteiger partial charge >= 0.3 is 6.03 Å². The molecule has 0 aliphatic rings. The van der Waals surface area contributed by atoms with Crippen molar-refractivity contribution in [3.63, 3.8) is 0 Å². The highest BCUT2D eigenvalue weighted by molar-refractivity contribution is 7.15. The van der Waals surface area contributed by atoms with Crippen molar-refractivity contribution in [2.75, 3.05) is 11.9 Å². The zero-order valence-corrected chi connectivity index (χ0v) is 12.9. The molecule has 2 rings (SSSR count). The highest BCUT2D eigenvalue weighted by Crippen LogP contribution is 2.17. The summed E-state index contributed by atoms with van der Waals surface area (Å²) in [5.74, 6) is 0. The second-order valence-corrected chi connectivity index (χ2v) is 5.76. The Bertz CT molecular complexity index is 602. The highest BCUT2D eigenvalue weighted by atomic mass is 35.5. The molecule has 0 saturated heterocycles. The van der Waals surface area contributed by atoms with E-state index in [0.29, 0.717) is 15.7 Å². The maximum absolute atomic E-state index is 11.7. The van der Waals surface area contributed by atoms with E-state index < -0.39 is 12.1 Å². The van der Waals surface area contributed by atoms with Gasteiger partial charge in [0.1, 0.15) is 5.01 Å². The van der Waals surface area contributed by atoms with Crippen molar-refractivity contribution in [1.29, 1.82) is 0 Å². The number of urea groups is 1. The van der Waals surface area contributed by atoms with E-state index in [0.717, 1.165) is 11.4 Å². The van der Waals surface area contributed by atoms with Crippen LogP contribution in [0.1, 0.15) is 23.6 Å². The number of benzene rings is 1. The van der Waals surface area contributed by atoms with Crippen molar-refractivity contribution >= 4 is 34.1 Å². The van der Waals surface area contributed by atoms with Crippen molar-refractivity contribution < 1.29 is 9.90 Å². The minimum Gasteiger partial charge on any atom is -0.387 e. The summed E-state index contributed by atoms with van der Waals surface area (Å²) in [5.41, 5.74) is 0.684. The van der Waals surface area contributed by atoms with Gasteiger partial charge in [-0.3, -0.25) is 5.32 Å². The molecule has 1 aromatic heterocycles. The molecule has 0 bridgehead atoms. The predicted molar refractivity (Wildman–Crippen MR) is 82.7 cm³/mol. The largest absolute Gasteiger partial charge is 0.387 e. The Morgan fingerprint density at radius 2 is 2.10 bits per heavy atom. The third-order valence-corrected chi connectivity index (χ3v) is 3.94. The maximum Gasteiger partial charge on any atom is 0.321 e. The van der Waals surface area contributed by atoms with Crippen LogP contribution in [0.5, 0.6) is 0 Å². The van der Waals surface area contributed by atoms with Gasteiger partial charge in [0, 0.05) is 11.6 Å². The molecule has 2 aromatic rings. The molecule has 0 fully saturated rings. The van der Waals surface area contributed by atoms with E-state index in [1.807, 2.05) is 6.92 Å². The van der Waals surface area contributed by atoms with Crippen molar-refractivity contribution in [2.45, 2.75) is 19.4 Å². The van der Waals surface area contributed by atoms with Gasteiger partial charge in [-0.25, -0.2) is 4.79 Å². The van der Waals surface area contributed by atoms with Gasteiger partial charge in [-0.15, -0.1) is 10.2 Å². The average Bonchev–Trinajstić information content (AvgIpc) is 2.93. The fourth-order valence-corrected chi connectivity index (χ4v) is 2.38. The second-order valence-electron chi connectivity index (χ2n) is 4.26. The zero-order valence-electron chi connectivity index (χ0n) is 11.3. The lowest BCUT2D eigenvalue weighted by atomic mass is 10.1. The summed E-state index contributed by atoms with van der Waals surface area (Å²) in [5, 5.41) is 24.7. The lowest BCUT2D eigenvalue weighted by Crippen LogP contribution is -2.32. The number of rotatable bonds is 5. The summed E-state index contributed by atoms with van der Waals surface area (Å²) in [6.45, 7) is 2.06. The van der Waals surface area contributed by atoms with Gasteiger partial charge in [-0.1, -0.05) is 42.0 Å². The number of anilines is 1. The summed E-state index contributed by atoms with van der Waals surface area (Å²) in [6.07, 6.45) is -0.0235. The Morgan fingerprint density at radius 1 is 1.38 bits per heavy atom. The van der Waals surface area contributed by atoms with Gasteiger partial charge in [0.15, 0.2) is 0 Å². The first-order valence-electron chi connectivity index (χ1n) is 6.39. The summed E-state index contributed by atoms with van der Waals surface area (Å²) in [7, 11) is 0. The topological polar surface area (TPSA) is 87.1 Å². The van der Waals surface area contributed by atoms with Gasteiger partial charge < -0.3 is 10.4 Å². The Morgan fingerprint density at radius 3 is 2.71 bits per heavy atom. The van der Waals surface area contributed by atoms with Crippen LogP contribution in [-0.4, -0.2) is 27.9 Å². The van der Waals surface area contributed by atoms with E-state index in [1.165, 1.54) is 11.3 Å². The number of nitrogens with zero attached hydrogens (tertiary/aromatic N) is 2. The number of hydrogen-bond acceptors (Lipinski definition) is 5. The van der Waals surface area contributed by atoms with Crippen molar-refractivity contribution in [1.82, 2.24) is 15.5 Å². The summed E-state index contributed by atoms with van der Waals surface area (Å²) in [4.78, 5) is 11.7. The summed E-state index contributed by atoms with van der Waals surface area (Å²) >= 11 is 7.10. The number of nitrogens with one attached hydrogen (secondary N) is 2. The van der Waals surface area contributed by atoms with Crippen LogP contribution in [0.3, 0.4) is 0 Å². The lowest BCUT2D eigenvalue weighted by Gasteiger charge is -2.12. The molecule has 6 nitrogen and oxygen atoms in total. The van der Waals surface area contributed by atoms with Gasteiger partial charge in [-0.05, 0) is 24.1 Å². The summed E-state index contributed by atoms with van der Waals surface area (Å²) < 4.78 is 0. The predicted octanol–water partition coefficient (Wildman–Crippen LogP) is 2.61. The smallest absolute Gasteiger partial charge is 0.321 e. The van der Waals surface area contributed by atoms with Crippen LogP contribution in [0, 0.1) is 0 Å². The molecule has 1 aromatic carbocycles. The van der Waals surface area contributed by atoms with Crippen LogP contribution in [0.15, 0.2) is 24.3 Å². The van der Waals surface area contributed by atoms with Crippen LogP contribution >= 0.6 is 22.9 Å². The SMILES string of the molecule is CCc1nnc(NC(=O)NCC(O)c2ccc(Cl)cc2)s1. The molecule has 3 N–H and O–H groups in total.